The maximum Gasteiger partial charge on any atom is 0.318 e. The van der Waals surface area contributed by atoms with Crippen molar-refractivity contribution in [1.82, 2.24) is 15.1 Å². The van der Waals surface area contributed by atoms with Crippen LogP contribution in [0.2, 0.25) is 0 Å². The standard InChI is InChI=1S/C18H27N3O3/c1-2-20-7-3-4-16(12-20)19-18(23)21-8-9-24-17-6-5-14(13-22)10-15(17)11-21/h5-6,10,16,22H,2-4,7-9,11-13H2,1H3,(H,19,23)/t16-/m1/s1. The van der Waals surface area contributed by atoms with Crippen LogP contribution in [0.5, 0.6) is 5.75 Å². The molecule has 0 radical (unpaired) electrons. The molecule has 2 N–H and O–H groups in total. The number of carbonyl (C=O) groups is 1. The zero-order valence-corrected chi connectivity index (χ0v) is 14.3. The van der Waals surface area contributed by atoms with E-state index in [9.17, 15) is 9.90 Å². The lowest BCUT2D eigenvalue weighted by molar-refractivity contribution is 0.164. The smallest absolute Gasteiger partial charge is 0.318 e. The second kappa shape index (κ2) is 7.85. The molecule has 0 unspecified atom stereocenters. The molecule has 1 saturated heterocycles. The van der Waals surface area contributed by atoms with Crippen LogP contribution in [0.4, 0.5) is 4.79 Å². The summed E-state index contributed by atoms with van der Waals surface area (Å²) >= 11 is 0. The van der Waals surface area contributed by atoms with Crippen LogP contribution in [-0.2, 0) is 13.2 Å². The van der Waals surface area contributed by atoms with Gasteiger partial charge in [-0.3, -0.25) is 0 Å². The molecule has 0 aliphatic carbocycles. The van der Waals surface area contributed by atoms with Crippen LogP contribution in [0.1, 0.15) is 30.9 Å². The van der Waals surface area contributed by atoms with Gasteiger partial charge in [-0.1, -0.05) is 13.0 Å². The minimum atomic E-state index is -0.0243. The third-order valence-electron chi connectivity index (χ3n) is 4.85. The van der Waals surface area contributed by atoms with Crippen LogP contribution in [0.3, 0.4) is 0 Å². The summed E-state index contributed by atoms with van der Waals surface area (Å²) < 4.78 is 5.74. The fraction of sp³-hybridized carbons (Fsp3) is 0.611. The molecule has 2 amide bonds. The molecule has 0 spiro atoms. The number of piperidine rings is 1. The van der Waals surface area contributed by atoms with E-state index in [-0.39, 0.29) is 18.7 Å². The Hall–Kier alpha value is -1.79. The molecule has 1 fully saturated rings. The van der Waals surface area contributed by atoms with Gasteiger partial charge in [-0.05, 0) is 43.6 Å². The number of carbonyl (C=O) groups excluding carboxylic acids is 1. The molecule has 1 atom stereocenters. The number of likely N-dealkylation sites (N-methyl/N-ethyl adjacent to an activating group) is 1. The summed E-state index contributed by atoms with van der Waals surface area (Å²) in [7, 11) is 0. The van der Waals surface area contributed by atoms with E-state index >= 15 is 0 Å². The highest BCUT2D eigenvalue weighted by molar-refractivity contribution is 5.74. The number of urea groups is 1. The van der Waals surface area contributed by atoms with E-state index in [1.165, 1.54) is 0 Å². The molecule has 3 rings (SSSR count). The predicted octanol–water partition coefficient (Wildman–Crippen LogP) is 1.57. The van der Waals surface area contributed by atoms with Crippen molar-refractivity contribution >= 4 is 6.03 Å². The summed E-state index contributed by atoms with van der Waals surface area (Å²) in [6.07, 6.45) is 2.17. The van der Waals surface area contributed by atoms with E-state index < -0.39 is 0 Å². The van der Waals surface area contributed by atoms with Gasteiger partial charge in [-0.15, -0.1) is 0 Å². The van der Waals surface area contributed by atoms with Gasteiger partial charge in [0.2, 0.25) is 0 Å². The highest BCUT2D eigenvalue weighted by Gasteiger charge is 2.25. The van der Waals surface area contributed by atoms with Gasteiger partial charge in [-0.25, -0.2) is 4.79 Å². The van der Waals surface area contributed by atoms with Gasteiger partial charge in [0.1, 0.15) is 12.4 Å². The molecule has 0 saturated carbocycles. The first-order chi connectivity index (χ1) is 11.7. The van der Waals surface area contributed by atoms with Crippen LogP contribution in [-0.4, -0.2) is 59.8 Å². The SMILES string of the molecule is CCN1CCC[C@@H](NC(=O)N2CCOc3ccc(CO)cc3C2)C1. The van der Waals surface area contributed by atoms with Crippen LogP contribution < -0.4 is 10.1 Å². The molecule has 2 aliphatic rings. The molecule has 0 aromatic heterocycles. The first kappa shape index (κ1) is 17.0. The van der Waals surface area contributed by atoms with Crippen molar-refractivity contribution in [2.45, 2.75) is 39.0 Å². The molecular weight excluding hydrogens is 306 g/mol. The molecule has 24 heavy (non-hydrogen) atoms. The molecule has 1 aromatic rings. The second-order valence-corrected chi connectivity index (χ2v) is 6.55. The number of amides is 2. The van der Waals surface area contributed by atoms with Gasteiger partial charge in [0.25, 0.3) is 0 Å². The Labute approximate surface area is 143 Å². The van der Waals surface area contributed by atoms with Crippen LogP contribution in [0.15, 0.2) is 18.2 Å². The summed E-state index contributed by atoms with van der Waals surface area (Å²) in [5.41, 5.74) is 1.79. The number of aliphatic hydroxyl groups is 1. The van der Waals surface area contributed by atoms with Crippen molar-refractivity contribution in [3.05, 3.63) is 29.3 Å². The molecule has 0 bridgehead atoms. The van der Waals surface area contributed by atoms with E-state index in [0.29, 0.717) is 19.7 Å². The van der Waals surface area contributed by atoms with Crippen molar-refractivity contribution in [1.29, 1.82) is 0 Å². The van der Waals surface area contributed by atoms with E-state index in [2.05, 4.69) is 17.1 Å². The molecule has 132 valence electrons. The van der Waals surface area contributed by atoms with Gasteiger partial charge < -0.3 is 25.0 Å². The third-order valence-corrected chi connectivity index (χ3v) is 4.85. The van der Waals surface area contributed by atoms with Crippen molar-refractivity contribution < 1.29 is 14.6 Å². The number of aliphatic hydroxyl groups excluding tert-OH is 1. The Morgan fingerprint density at radius 2 is 2.29 bits per heavy atom. The molecule has 1 aromatic carbocycles. The number of ether oxygens (including phenoxy) is 1. The fourth-order valence-electron chi connectivity index (χ4n) is 3.45. The first-order valence-corrected chi connectivity index (χ1v) is 8.83. The molecule has 2 heterocycles. The Morgan fingerprint density at radius 3 is 3.08 bits per heavy atom. The number of fused-ring (bicyclic) bond motifs is 1. The Bertz CT molecular complexity index is 579. The molecule has 6 nitrogen and oxygen atoms in total. The first-order valence-electron chi connectivity index (χ1n) is 8.83. The van der Waals surface area contributed by atoms with E-state index in [4.69, 9.17) is 4.74 Å². The van der Waals surface area contributed by atoms with Gasteiger partial charge in [0.15, 0.2) is 0 Å². The molecule has 2 aliphatic heterocycles. The quantitative estimate of drug-likeness (QED) is 0.881. The number of hydrogen-bond donors (Lipinski definition) is 2. The normalized spacial score (nSPS) is 21.6. The molecule has 6 heteroatoms. The average molecular weight is 333 g/mol. The largest absolute Gasteiger partial charge is 0.491 e. The Morgan fingerprint density at radius 1 is 1.42 bits per heavy atom. The average Bonchev–Trinajstić information content (AvgIpc) is 2.83. The number of likely N-dealkylation sites (tertiary alicyclic amines) is 1. The summed E-state index contributed by atoms with van der Waals surface area (Å²) in [5, 5.41) is 12.5. The summed E-state index contributed by atoms with van der Waals surface area (Å²) in [6, 6.07) is 5.85. The van der Waals surface area contributed by atoms with Crippen LogP contribution in [0, 0.1) is 0 Å². The van der Waals surface area contributed by atoms with Crippen molar-refractivity contribution in [3.63, 3.8) is 0 Å². The maximum absolute atomic E-state index is 12.7. The second-order valence-electron chi connectivity index (χ2n) is 6.55. The highest BCUT2D eigenvalue weighted by atomic mass is 16.5. The lowest BCUT2D eigenvalue weighted by Crippen LogP contribution is -2.51. The Balaban J connectivity index is 1.64. The lowest BCUT2D eigenvalue weighted by Gasteiger charge is -2.33. The number of hydrogen-bond acceptors (Lipinski definition) is 4. The summed E-state index contributed by atoms with van der Waals surface area (Å²) in [5.74, 6) is 0.803. The summed E-state index contributed by atoms with van der Waals surface area (Å²) in [4.78, 5) is 16.9. The van der Waals surface area contributed by atoms with Crippen LogP contribution in [0.25, 0.3) is 0 Å². The fourth-order valence-corrected chi connectivity index (χ4v) is 3.45. The highest BCUT2D eigenvalue weighted by Crippen LogP contribution is 2.24. The number of nitrogens with one attached hydrogen (secondary N) is 1. The summed E-state index contributed by atoms with van der Waals surface area (Å²) in [6.45, 7) is 6.81. The number of benzene rings is 1. The number of rotatable bonds is 3. The van der Waals surface area contributed by atoms with E-state index in [1.54, 1.807) is 4.90 Å². The van der Waals surface area contributed by atoms with Gasteiger partial charge in [0, 0.05) is 18.2 Å². The van der Waals surface area contributed by atoms with Gasteiger partial charge >= 0.3 is 6.03 Å². The minimum absolute atomic E-state index is 0.00555. The number of nitrogens with zero attached hydrogens (tertiary/aromatic N) is 2. The van der Waals surface area contributed by atoms with Crippen molar-refractivity contribution in [2.24, 2.45) is 0 Å². The van der Waals surface area contributed by atoms with Crippen molar-refractivity contribution in [2.75, 3.05) is 32.8 Å². The Kier molecular flexibility index (Phi) is 5.58. The lowest BCUT2D eigenvalue weighted by atomic mass is 10.1. The molecular formula is C18H27N3O3. The monoisotopic (exact) mass is 333 g/mol. The maximum atomic E-state index is 12.7. The zero-order chi connectivity index (χ0) is 16.9. The van der Waals surface area contributed by atoms with Gasteiger partial charge in [-0.2, -0.15) is 0 Å². The van der Waals surface area contributed by atoms with E-state index in [1.807, 2.05) is 18.2 Å². The predicted molar refractivity (Wildman–Crippen MR) is 91.9 cm³/mol. The van der Waals surface area contributed by atoms with Crippen LogP contribution >= 0.6 is 0 Å². The van der Waals surface area contributed by atoms with Gasteiger partial charge in [0.05, 0.1) is 19.7 Å². The minimum Gasteiger partial charge on any atom is -0.491 e. The third kappa shape index (κ3) is 3.99. The topological polar surface area (TPSA) is 65.0 Å². The van der Waals surface area contributed by atoms with E-state index in [0.717, 1.165) is 49.4 Å². The van der Waals surface area contributed by atoms with Crippen molar-refractivity contribution in [3.8, 4) is 5.75 Å². The zero-order valence-electron chi connectivity index (χ0n) is 14.3.